The van der Waals surface area contributed by atoms with Gasteiger partial charge in [0.25, 0.3) is 0 Å². The van der Waals surface area contributed by atoms with Crippen LogP contribution in [0.25, 0.3) is 0 Å². The van der Waals surface area contributed by atoms with Crippen LogP contribution in [-0.2, 0) is 11.2 Å². The summed E-state index contributed by atoms with van der Waals surface area (Å²) >= 11 is 0. The van der Waals surface area contributed by atoms with Crippen LogP contribution in [0.4, 0.5) is 5.69 Å². The van der Waals surface area contributed by atoms with Crippen LogP contribution in [0.1, 0.15) is 25.0 Å². The fourth-order valence-corrected chi connectivity index (χ4v) is 2.10. The Hall–Kier alpha value is -3.49. The standard InChI is InChI=1S/C17H19N5O4/c1-11(2)26-15-4-3-12(9-14(15)22(24)25)10-16(23)20-21-17(18)13-5-7-19-8-6-13/h3-9,11H,10H2,1-2H3,(H2,18,21)(H,20,23). The van der Waals surface area contributed by atoms with Crippen molar-refractivity contribution in [1.29, 1.82) is 0 Å². The average Bonchev–Trinajstić information content (AvgIpc) is 2.61. The second-order valence-corrected chi connectivity index (χ2v) is 5.67. The Morgan fingerprint density at radius 2 is 2.04 bits per heavy atom. The number of ether oxygens (including phenoxy) is 1. The van der Waals surface area contributed by atoms with Gasteiger partial charge >= 0.3 is 5.69 Å². The lowest BCUT2D eigenvalue weighted by atomic mass is 10.1. The smallest absolute Gasteiger partial charge is 0.311 e. The fourth-order valence-electron chi connectivity index (χ4n) is 2.10. The molecule has 0 bridgehead atoms. The van der Waals surface area contributed by atoms with Crippen LogP contribution >= 0.6 is 0 Å². The maximum atomic E-state index is 12.0. The number of carbonyl (C=O) groups is 1. The normalized spacial score (nSPS) is 11.3. The maximum absolute atomic E-state index is 12.0. The van der Waals surface area contributed by atoms with Gasteiger partial charge in [-0.2, -0.15) is 5.10 Å². The van der Waals surface area contributed by atoms with Gasteiger partial charge < -0.3 is 10.5 Å². The number of hydrazone groups is 1. The third-order valence-corrected chi connectivity index (χ3v) is 3.22. The first-order valence-electron chi connectivity index (χ1n) is 7.83. The molecule has 0 unspecified atom stereocenters. The first kappa shape index (κ1) is 18.8. The molecule has 9 nitrogen and oxygen atoms in total. The molecule has 0 saturated carbocycles. The SMILES string of the molecule is CC(C)Oc1ccc(CC(=O)N/N=C(\N)c2ccncc2)cc1[N+](=O)[O-]. The quantitative estimate of drug-likeness (QED) is 0.336. The highest BCUT2D eigenvalue weighted by Crippen LogP contribution is 2.29. The first-order chi connectivity index (χ1) is 12.4. The van der Waals surface area contributed by atoms with E-state index in [-0.39, 0.29) is 29.8 Å². The van der Waals surface area contributed by atoms with Crippen molar-refractivity contribution in [2.24, 2.45) is 10.8 Å². The van der Waals surface area contributed by atoms with Gasteiger partial charge in [0.1, 0.15) is 0 Å². The van der Waals surface area contributed by atoms with Crippen LogP contribution in [0.3, 0.4) is 0 Å². The predicted octanol–water partition coefficient (Wildman–Crippen LogP) is 1.76. The number of nitrogens with zero attached hydrogens (tertiary/aromatic N) is 3. The summed E-state index contributed by atoms with van der Waals surface area (Å²) in [5, 5.41) is 15.0. The van der Waals surface area contributed by atoms with E-state index in [1.54, 1.807) is 44.4 Å². The molecule has 1 aromatic heterocycles. The van der Waals surface area contributed by atoms with E-state index in [4.69, 9.17) is 10.5 Å². The monoisotopic (exact) mass is 357 g/mol. The zero-order chi connectivity index (χ0) is 19.1. The van der Waals surface area contributed by atoms with Crippen molar-refractivity contribution in [3.8, 4) is 5.75 Å². The van der Waals surface area contributed by atoms with Gasteiger partial charge in [0, 0.05) is 24.0 Å². The summed E-state index contributed by atoms with van der Waals surface area (Å²) in [5.74, 6) is -0.157. The lowest BCUT2D eigenvalue weighted by molar-refractivity contribution is -0.386. The first-order valence-corrected chi connectivity index (χ1v) is 7.83. The van der Waals surface area contributed by atoms with Crippen molar-refractivity contribution in [1.82, 2.24) is 10.4 Å². The number of rotatable bonds is 7. The Morgan fingerprint density at radius 3 is 2.65 bits per heavy atom. The average molecular weight is 357 g/mol. The third kappa shape index (κ3) is 5.26. The summed E-state index contributed by atoms with van der Waals surface area (Å²) in [6.07, 6.45) is 2.82. The molecular formula is C17H19N5O4. The van der Waals surface area contributed by atoms with Crippen molar-refractivity contribution >= 4 is 17.4 Å². The molecule has 0 spiro atoms. The number of hydrogen-bond donors (Lipinski definition) is 2. The molecule has 0 fully saturated rings. The van der Waals surface area contributed by atoms with E-state index in [0.717, 1.165) is 0 Å². The highest BCUT2D eigenvalue weighted by atomic mass is 16.6. The molecule has 0 saturated heterocycles. The van der Waals surface area contributed by atoms with Gasteiger partial charge in [0.2, 0.25) is 5.91 Å². The van der Waals surface area contributed by atoms with Crippen LogP contribution in [0, 0.1) is 10.1 Å². The number of hydrogen-bond acceptors (Lipinski definition) is 6. The molecular weight excluding hydrogens is 338 g/mol. The number of nitro benzene ring substituents is 1. The molecule has 136 valence electrons. The summed E-state index contributed by atoms with van der Waals surface area (Å²) in [4.78, 5) is 26.5. The van der Waals surface area contributed by atoms with Crippen LogP contribution in [0.15, 0.2) is 47.8 Å². The Bertz CT molecular complexity index is 821. The second-order valence-electron chi connectivity index (χ2n) is 5.67. The minimum atomic E-state index is -0.543. The molecule has 26 heavy (non-hydrogen) atoms. The van der Waals surface area contributed by atoms with E-state index in [9.17, 15) is 14.9 Å². The number of nitrogens with one attached hydrogen (secondary N) is 1. The molecule has 1 heterocycles. The maximum Gasteiger partial charge on any atom is 0.311 e. The Kier molecular flexibility index (Phi) is 6.20. The molecule has 0 aliphatic carbocycles. The zero-order valence-electron chi connectivity index (χ0n) is 14.4. The Balaban J connectivity index is 2.07. The highest BCUT2D eigenvalue weighted by Gasteiger charge is 2.18. The molecule has 2 aromatic rings. The minimum absolute atomic E-state index is 0.0874. The molecule has 1 aromatic carbocycles. The van der Waals surface area contributed by atoms with Gasteiger partial charge in [-0.25, -0.2) is 5.43 Å². The molecule has 0 aliphatic heterocycles. The predicted molar refractivity (Wildman–Crippen MR) is 95.7 cm³/mol. The largest absolute Gasteiger partial charge is 0.484 e. The van der Waals surface area contributed by atoms with Crippen LogP contribution in [-0.4, -0.2) is 27.8 Å². The number of carbonyl (C=O) groups excluding carboxylic acids is 1. The lowest BCUT2D eigenvalue weighted by Crippen LogP contribution is -2.25. The van der Waals surface area contributed by atoms with E-state index in [1.807, 2.05) is 0 Å². The topological polar surface area (TPSA) is 133 Å². The summed E-state index contributed by atoms with van der Waals surface area (Å²) in [5.41, 5.74) is 8.98. The number of aromatic nitrogens is 1. The van der Waals surface area contributed by atoms with Gasteiger partial charge in [-0.05, 0) is 37.6 Å². The van der Waals surface area contributed by atoms with E-state index < -0.39 is 10.8 Å². The summed E-state index contributed by atoms with van der Waals surface area (Å²) < 4.78 is 5.41. The van der Waals surface area contributed by atoms with Crippen molar-refractivity contribution in [2.75, 3.05) is 0 Å². The fraction of sp³-hybridized carbons (Fsp3) is 0.235. The van der Waals surface area contributed by atoms with Crippen molar-refractivity contribution in [3.63, 3.8) is 0 Å². The molecule has 3 N–H and O–H groups in total. The van der Waals surface area contributed by atoms with Crippen molar-refractivity contribution in [2.45, 2.75) is 26.4 Å². The number of amidine groups is 1. The van der Waals surface area contributed by atoms with Crippen molar-refractivity contribution in [3.05, 3.63) is 64.0 Å². The molecule has 9 heteroatoms. The van der Waals surface area contributed by atoms with Gasteiger partial charge in [-0.15, -0.1) is 0 Å². The zero-order valence-corrected chi connectivity index (χ0v) is 14.4. The summed E-state index contributed by atoms with van der Waals surface area (Å²) in [7, 11) is 0. The van der Waals surface area contributed by atoms with Crippen LogP contribution in [0.2, 0.25) is 0 Å². The number of amides is 1. The second kappa shape index (κ2) is 8.56. The number of benzene rings is 1. The highest BCUT2D eigenvalue weighted by molar-refractivity contribution is 5.97. The molecule has 1 amide bonds. The minimum Gasteiger partial charge on any atom is -0.484 e. The van der Waals surface area contributed by atoms with E-state index in [1.165, 1.54) is 12.1 Å². The van der Waals surface area contributed by atoms with Crippen LogP contribution < -0.4 is 15.9 Å². The van der Waals surface area contributed by atoms with Crippen molar-refractivity contribution < 1.29 is 14.5 Å². The van der Waals surface area contributed by atoms with E-state index in [2.05, 4.69) is 15.5 Å². The number of nitrogens with two attached hydrogens (primary N) is 1. The lowest BCUT2D eigenvalue weighted by Gasteiger charge is -2.10. The van der Waals surface area contributed by atoms with Crippen LogP contribution in [0.5, 0.6) is 5.75 Å². The Labute approximate surface area is 150 Å². The summed E-state index contributed by atoms with van der Waals surface area (Å²) in [6.45, 7) is 3.55. The van der Waals surface area contributed by atoms with Gasteiger partial charge in [-0.1, -0.05) is 6.07 Å². The van der Waals surface area contributed by atoms with E-state index >= 15 is 0 Å². The third-order valence-electron chi connectivity index (χ3n) is 3.22. The number of pyridine rings is 1. The molecule has 0 aliphatic rings. The molecule has 0 atom stereocenters. The van der Waals surface area contributed by atoms with Gasteiger partial charge in [0.05, 0.1) is 17.4 Å². The summed E-state index contributed by atoms with van der Waals surface area (Å²) in [6, 6.07) is 7.70. The molecule has 2 rings (SSSR count). The molecule has 0 radical (unpaired) electrons. The van der Waals surface area contributed by atoms with E-state index in [0.29, 0.717) is 11.1 Å². The van der Waals surface area contributed by atoms with Gasteiger partial charge in [-0.3, -0.25) is 19.9 Å². The number of nitro groups is 1. The van der Waals surface area contributed by atoms with Gasteiger partial charge in [0.15, 0.2) is 11.6 Å². The Morgan fingerprint density at radius 1 is 1.35 bits per heavy atom.